The summed E-state index contributed by atoms with van der Waals surface area (Å²) in [6, 6.07) is 14.0. The normalized spacial score (nSPS) is 18.6. The van der Waals surface area contributed by atoms with Crippen molar-refractivity contribution < 1.29 is 13.5 Å². The molecular formula is C25H33F2N3O. The number of ether oxygens (including phenoxy) is 1. The number of benzene rings is 2. The minimum atomic E-state index is -0.995. The Balaban J connectivity index is 1.64. The number of nitrogens with zero attached hydrogens (tertiary/aromatic N) is 1. The predicted molar refractivity (Wildman–Crippen MR) is 121 cm³/mol. The average molecular weight is 430 g/mol. The molecule has 0 bridgehead atoms. The van der Waals surface area contributed by atoms with E-state index < -0.39 is 6.17 Å². The van der Waals surface area contributed by atoms with Crippen LogP contribution in [0.2, 0.25) is 0 Å². The number of alkyl halides is 1. The molecular weight excluding hydrogens is 396 g/mol. The van der Waals surface area contributed by atoms with Crippen molar-refractivity contribution in [1.29, 1.82) is 0 Å². The van der Waals surface area contributed by atoms with Gasteiger partial charge in [0.15, 0.2) is 0 Å². The molecule has 1 aliphatic heterocycles. The summed E-state index contributed by atoms with van der Waals surface area (Å²) in [6.07, 6.45) is -0.310. The standard InChI is InChI=1S/C25H33F2N3O/c1-18(2)17-31-23-10-6-20(7-11-23)14-29-19(3)30(25-12-13-28-15-24(25)27)16-21-4-8-22(26)9-5-21/h4-11,18,24-25,28-29H,3,12-17H2,1-2H3/t24-,25+/m1/s1. The van der Waals surface area contributed by atoms with E-state index in [2.05, 4.69) is 31.1 Å². The van der Waals surface area contributed by atoms with E-state index in [1.165, 1.54) is 12.1 Å². The molecule has 2 aromatic carbocycles. The highest BCUT2D eigenvalue weighted by atomic mass is 19.1. The Hall–Kier alpha value is -2.60. The van der Waals surface area contributed by atoms with Crippen LogP contribution in [-0.2, 0) is 13.1 Å². The van der Waals surface area contributed by atoms with Gasteiger partial charge in [0.1, 0.15) is 17.7 Å². The first-order valence-electron chi connectivity index (χ1n) is 10.9. The summed E-state index contributed by atoms with van der Waals surface area (Å²) < 4.78 is 33.8. The molecule has 1 heterocycles. The lowest BCUT2D eigenvalue weighted by Crippen LogP contribution is -2.51. The molecule has 0 aromatic heterocycles. The summed E-state index contributed by atoms with van der Waals surface area (Å²) in [6.45, 7) is 11.2. The maximum atomic E-state index is 14.7. The van der Waals surface area contributed by atoms with Gasteiger partial charge in [0.05, 0.1) is 18.5 Å². The van der Waals surface area contributed by atoms with E-state index in [-0.39, 0.29) is 11.9 Å². The minimum Gasteiger partial charge on any atom is -0.493 e. The fraction of sp³-hybridized carbons (Fsp3) is 0.440. The molecule has 2 N–H and O–H groups in total. The number of hydrogen-bond acceptors (Lipinski definition) is 4. The first kappa shape index (κ1) is 23.1. The van der Waals surface area contributed by atoms with Crippen molar-refractivity contribution in [2.45, 2.75) is 45.6 Å². The molecule has 0 saturated carbocycles. The molecule has 0 spiro atoms. The number of nitrogens with one attached hydrogen (secondary N) is 2. The molecule has 1 aliphatic rings. The third kappa shape index (κ3) is 6.96. The zero-order valence-electron chi connectivity index (χ0n) is 18.4. The molecule has 2 aromatic rings. The van der Waals surface area contributed by atoms with Crippen LogP contribution in [0.5, 0.6) is 5.75 Å². The van der Waals surface area contributed by atoms with Gasteiger partial charge in [-0.3, -0.25) is 0 Å². The number of hydrogen-bond donors (Lipinski definition) is 2. The molecule has 0 amide bonds. The van der Waals surface area contributed by atoms with E-state index in [0.717, 1.165) is 23.4 Å². The fourth-order valence-electron chi connectivity index (χ4n) is 3.63. The second kappa shape index (κ2) is 11.1. The van der Waals surface area contributed by atoms with Gasteiger partial charge in [0.25, 0.3) is 0 Å². The molecule has 0 aliphatic carbocycles. The quantitative estimate of drug-likeness (QED) is 0.578. The maximum Gasteiger partial charge on any atom is 0.133 e. The van der Waals surface area contributed by atoms with Crippen LogP contribution >= 0.6 is 0 Å². The van der Waals surface area contributed by atoms with E-state index in [9.17, 15) is 8.78 Å². The van der Waals surface area contributed by atoms with Crippen molar-refractivity contribution in [3.8, 4) is 5.75 Å². The fourth-order valence-corrected chi connectivity index (χ4v) is 3.63. The smallest absolute Gasteiger partial charge is 0.133 e. The van der Waals surface area contributed by atoms with E-state index in [1.54, 1.807) is 12.1 Å². The monoisotopic (exact) mass is 429 g/mol. The van der Waals surface area contributed by atoms with Crippen molar-refractivity contribution >= 4 is 0 Å². The second-order valence-corrected chi connectivity index (χ2v) is 8.48. The Morgan fingerprint density at radius 1 is 1.16 bits per heavy atom. The van der Waals surface area contributed by atoms with Crippen LogP contribution in [0.4, 0.5) is 8.78 Å². The molecule has 3 rings (SSSR count). The van der Waals surface area contributed by atoms with Gasteiger partial charge in [-0.05, 0) is 54.3 Å². The summed E-state index contributed by atoms with van der Waals surface area (Å²) in [5.41, 5.74) is 2.00. The van der Waals surface area contributed by atoms with Crippen molar-refractivity contribution in [2.24, 2.45) is 5.92 Å². The highest BCUT2D eigenvalue weighted by Crippen LogP contribution is 2.22. The highest BCUT2D eigenvalue weighted by Gasteiger charge is 2.31. The summed E-state index contributed by atoms with van der Waals surface area (Å²) in [7, 11) is 0. The van der Waals surface area contributed by atoms with Crippen LogP contribution in [-0.4, -0.2) is 36.8 Å². The van der Waals surface area contributed by atoms with Crippen molar-refractivity contribution in [2.75, 3.05) is 19.7 Å². The molecule has 6 heteroatoms. The molecule has 168 valence electrons. The van der Waals surface area contributed by atoms with Crippen LogP contribution in [0, 0.1) is 11.7 Å². The van der Waals surface area contributed by atoms with Crippen LogP contribution in [0.15, 0.2) is 60.9 Å². The Labute approximate surface area is 184 Å². The summed E-state index contributed by atoms with van der Waals surface area (Å²) >= 11 is 0. The Kier molecular flexibility index (Phi) is 8.29. The van der Waals surface area contributed by atoms with E-state index in [4.69, 9.17) is 4.74 Å². The molecule has 2 atom stereocenters. The van der Waals surface area contributed by atoms with Gasteiger partial charge in [-0.25, -0.2) is 8.78 Å². The maximum absolute atomic E-state index is 14.7. The van der Waals surface area contributed by atoms with E-state index in [0.29, 0.717) is 44.4 Å². The topological polar surface area (TPSA) is 36.5 Å². The first-order chi connectivity index (χ1) is 14.9. The van der Waals surface area contributed by atoms with Crippen molar-refractivity contribution in [3.05, 3.63) is 77.9 Å². The van der Waals surface area contributed by atoms with Gasteiger partial charge in [-0.2, -0.15) is 0 Å². The average Bonchev–Trinajstić information content (AvgIpc) is 2.77. The number of halogens is 2. The van der Waals surface area contributed by atoms with Crippen LogP contribution in [0.1, 0.15) is 31.4 Å². The molecule has 0 radical (unpaired) electrons. The number of rotatable bonds is 10. The third-order valence-corrected chi connectivity index (χ3v) is 5.39. The Morgan fingerprint density at radius 3 is 2.48 bits per heavy atom. The lowest BCUT2D eigenvalue weighted by Gasteiger charge is -2.39. The lowest BCUT2D eigenvalue weighted by molar-refractivity contribution is 0.0996. The van der Waals surface area contributed by atoms with Gasteiger partial charge >= 0.3 is 0 Å². The lowest BCUT2D eigenvalue weighted by atomic mass is 10.0. The Morgan fingerprint density at radius 2 is 1.84 bits per heavy atom. The van der Waals surface area contributed by atoms with E-state index >= 15 is 0 Å². The van der Waals surface area contributed by atoms with Crippen LogP contribution < -0.4 is 15.4 Å². The van der Waals surface area contributed by atoms with Crippen LogP contribution in [0.25, 0.3) is 0 Å². The number of piperidine rings is 1. The third-order valence-electron chi connectivity index (χ3n) is 5.39. The summed E-state index contributed by atoms with van der Waals surface area (Å²) in [5.74, 6) is 1.72. The van der Waals surface area contributed by atoms with Gasteiger partial charge in [0.2, 0.25) is 0 Å². The van der Waals surface area contributed by atoms with Crippen molar-refractivity contribution in [3.63, 3.8) is 0 Å². The van der Waals surface area contributed by atoms with E-state index in [1.807, 2.05) is 29.2 Å². The van der Waals surface area contributed by atoms with Crippen molar-refractivity contribution in [1.82, 2.24) is 15.5 Å². The molecule has 31 heavy (non-hydrogen) atoms. The SMILES string of the molecule is C=C(NCc1ccc(OCC(C)C)cc1)N(Cc1ccc(F)cc1)[C@H]1CCNC[C@H]1F. The summed E-state index contributed by atoms with van der Waals surface area (Å²) in [5, 5.41) is 6.44. The largest absolute Gasteiger partial charge is 0.493 e. The molecule has 0 unspecified atom stereocenters. The zero-order chi connectivity index (χ0) is 22.2. The first-order valence-corrected chi connectivity index (χ1v) is 10.9. The van der Waals surface area contributed by atoms with Gasteiger partial charge in [0, 0.05) is 19.6 Å². The second-order valence-electron chi connectivity index (χ2n) is 8.48. The Bertz CT molecular complexity index is 824. The predicted octanol–water partition coefficient (Wildman–Crippen LogP) is 4.62. The molecule has 4 nitrogen and oxygen atoms in total. The zero-order valence-corrected chi connectivity index (χ0v) is 18.4. The molecule has 1 fully saturated rings. The van der Waals surface area contributed by atoms with Crippen LogP contribution in [0.3, 0.4) is 0 Å². The molecule has 1 saturated heterocycles. The van der Waals surface area contributed by atoms with Gasteiger partial charge < -0.3 is 20.3 Å². The highest BCUT2D eigenvalue weighted by molar-refractivity contribution is 5.27. The minimum absolute atomic E-state index is 0.279. The van der Waals surface area contributed by atoms with Gasteiger partial charge in [-0.15, -0.1) is 0 Å². The van der Waals surface area contributed by atoms with Gasteiger partial charge in [-0.1, -0.05) is 44.7 Å². The summed E-state index contributed by atoms with van der Waals surface area (Å²) in [4.78, 5) is 1.97.